The number of furan rings is 1. The van der Waals surface area contributed by atoms with Gasteiger partial charge < -0.3 is 18.8 Å². The zero-order valence-corrected chi connectivity index (χ0v) is 17.5. The van der Waals surface area contributed by atoms with Gasteiger partial charge in [-0.1, -0.05) is 6.42 Å². The van der Waals surface area contributed by atoms with Gasteiger partial charge in [0.15, 0.2) is 5.76 Å². The lowest BCUT2D eigenvalue weighted by Crippen LogP contribution is -2.39. The first-order chi connectivity index (χ1) is 14.6. The van der Waals surface area contributed by atoms with E-state index < -0.39 is 0 Å². The highest BCUT2D eigenvalue weighted by Crippen LogP contribution is 2.53. The predicted octanol–water partition coefficient (Wildman–Crippen LogP) is 3.17. The van der Waals surface area contributed by atoms with Crippen LogP contribution in [0.2, 0.25) is 0 Å². The minimum Gasteiger partial charge on any atom is -0.454 e. The standard InChI is InChI=1S/C23H30N4O3/c28-21(26-11-1-2-12-26)7-4-18-14-27(16-23(18)8-3-9-23)22(29)20-6-5-19(30-20)15-25-13-10-24-17-25/h5-6,10,13,17-18H,1-4,7-9,11-12,14-16H2. The minimum absolute atomic E-state index is 0.0217. The molecule has 160 valence electrons. The van der Waals surface area contributed by atoms with Crippen molar-refractivity contribution in [1.29, 1.82) is 0 Å². The topological polar surface area (TPSA) is 71.6 Å². The molecular formula is C23H30N4O3. The second kappa shape index (κ2) is 7.93. The van der Waals surface area contributed by atoms with E-state index in [-0.39, 0.29) is 11.3 Å². The van der Waals surface area contributed by atoms with E-state index in [4.69, 9.17) is 4.42 Å². The molecule has 2 aromatic heterocycles. The largest absolute Gasteiger partial charge is 0.454 e. The lowest BCUT2D eigenvalue weighted by atomic mass is 9.62. The van der Waals surface area contributed by atoms with Crippen molar-refractivity contribution in [2.45, 2.75) is 51.5 Å². The molecule has 2 saturated heterocycles. The average molecular weight is 411 g/mol. The maximum atomic E-state index is 13.1. The maximum Gasteiger partial charge on any atom is 0.289 e. The molecule has 1 atom stereocenters. The fourth-order valence-corrected chi connectivity index (χ4v) is 5.50. The highest BCUT2D eigenvalue weighted by Gasteiger charge is 2.51. The molecule has 30 heavy (non-hydrogen) atoms. The third kappa shape index (κ3) is 3.66. The number of likely N-dealkylation sites (tertiary alicyclic amines) is 2. The lowest BCUT2D eigenvalue weighted by molar-refractivity contribution is -0.130. The Morgan fingerprint density at radius 2 is 1.97 bits per heavy atom. The Kier molecular flexibility index (Phi) is 5.13. The molecule has 2 amide bonds. The van der Waals surface area contributed by atoms with Gasteiger partial charge in [0.2, 0.25) is 5.91 Å². The first-order valence-corrected chi connectivity index (χ1v) is 11.2. The maximum absolute atomic E-state index is 13.1. The van der Waals surface area contributed by atoms with Crippen molar-refractivity contribution >= 4 is 11.8 Å². The number of aromatic nitrogens is 2. The summed E-state index contributed by atoms with van der Waals surface area (Å²) in [5.74, 6) is 1.85. The summed E-state index contributed by atoms with van der Waals surface area (Å²) in [6.07, 6.45) is 12.7. The molecule has 0 radical (unpaired) electrons. The van der Waals surface area contributed by atoms with Crippen LogP contribution in [-0.2, 0) is 11.3 Å². The molecule has 2 aromatic rings. The zero-order valence-electron chi connectivity index (χ0n) is 17.5. The molecule has 3 aliphatic rings. The van der Waals surface area contributed by atoms with Gasteiger partial charge in [-0.05, 0) is 55.6 Å². The van der Waals surface area contributed by atoms with Crippen molar-refractivity contribution in [2.24, 2.45) is 11.3 Å². The molecule has 3 fully saturated rings. The highest BCUT2D eigenvalue weighted by molar-refractivity contribution is 5.91. The number of carbonyl (C=O) groups is 2. The first kappa shape index (κ1) is 19.4. The van der Waals surface area contributed by atoms with Gasteiger partial charge in [-0.15, -0.1) is 0 Å². The van der Waals surface area contributed by atoms with Crippen LogP contribution in [0.25, 0.3) is 0 Å². The molecule has 0 bridgehead atoms. The first-order valence-electron chi connectivity index (χ1n) is 11.2. The monoisotopic (exact) mass is 410 g/mol. The molecule has 1 spiro atoms. The molecule has 4 heterocycles. The molecule has 7 heteroatoms. The van der Waals surface area contributed by atoms with Crippen LogP contribution in [0.5, 0.6) is 0 Å². The van der Waals surface area contributed by atoms with Crippen molar-refractivity contribution in [3.05, 3.63) is 42.4 Å². The van der Waals surface area contributed by atoms with Crippen LogP contribution in [0.3, 0.4) is 0 Å². The molecule has 1 saturated carbocycles. The smallest absolute Gasteiger partial charge is 0.289 e. The van der Waals surface area contributed by atoms with Crippen LogP contribution >= 0.6 is 0 Å². The van der Waals surface area contributed by atoms with E-state index >= 15 is 0 Å². The Morgan fingerprint density at radius 1 is 1.13 bits per heavy atom. The molecule has 0 N–H and O–H groups in total. The van der Waals surface area contributed by atoms with Crippen molar-refractivity contribution in [3.8, 4) is 0 Å². The summed E-state index contributed by atoms with van der Waals surface area (Å²) in [7, 11) is 0. The molecule has 1 aliphatic carbocycles. The normalized spacial score (nSPS) is 22.6. The van der Waals surface area contributed by atoms with Gasteiger partial charge in [-0.3, -0.25) is 9.59 Å². The zero-order chi connectivity index (χ0) is 20.6. The molecular weight excluding hydrogens is 380 g/mol. The van der Waals surface area contributed by atoms with E-state index in [1.165, 1.54) is 19.3 Å². The van der Waals surface area contributed by atoms with Crippen molar-refractivity contribution in [2.75, 3.05) is 26.2 Å². The molecule has 5 rings (SSSR count). The fourth-order valence-electron chi connectivity index (χ4n) is 5.50. The van der Waals surface area contributed by atoms with Crippen LogP contribution < -0.4 is 0 Å². The quantitative estimate of drug-likeness (QED) is 0.733. The molecule has 0 aromatic carbocycles. The van der Waals surface area contributed by atoms with E-state index in [9.17, 15) is 9.59 Å². The Hall–Kier alpha value is -2.57. The van der Waals surface area contributed by atoms with E-state index in [1.54, 1.807) is 18.6 Å². The van der Waals surface area contributed by atoms with Gasteiger partial charge in [-0.2, -0.15) is 0 Å². The van der Waals surface area contributed by atoms with E-state index in [2.05, 4.69) is 4.98 Å². The highest BCUT2D eigenvalue weighted by atomic mass is 16.4. The average Bonchev–Trinajstić information content (AvgIpc) is 3.52. The van der Waals surface area contributed by atoms with Gasteiger partial charge >= 0.3 is 0 Å². The number of nitrogens with zero attached hydrogens (tertiary/aromatic N) is 4. The van der Waals surface area contributed by atoms with Crippen LogP contribution in [0, 0.1) is 11.3 Å². The van der Waals surface area contributed by atoms with Gasteiger partial charge in [0.25, 0.3) is 5.91 Å². The van der Waals surface area contributed by atoms with E-state index in [0.717, 1.165) is 51.2 Å². The third-order valence-electron chi connectivity index (χ3n) is 7.38. The summed E-state index contributed by atoms with van der Waals surface area (Å²) >= 11 is 0. The van der Waals surface area contributed by atoms with Crippen LogP contribution in [-0.4, -0.2) is 57.3 Å². The Labute approximate surface area is 177 Å². The SMILES string of the molecule is O=C(CCC1CN(C(=O)c2ccc(Cn3ccnc3)o2)CC12CCC2)N1CCCC1. The van der Waals surface area contributed by atoms with Crippen molar-refractivity contribution < 1.29 is 14.0 Å². The fraction of sp³-hybridized carbons (Fsp3) is 0.609. The summed E-state index contributed by atoms with van der Waals surface area (Å²) in [6.45, 7) is 3.94. The van der Waals surface area contributed by atoms with Crippen LogP contribution in [0.15, 0.2) is 35.3 Å². The van der Waals surface area contributed by atoms with Gasteiger partial charge in [-0.25, -0.2) is 4.98 Å². The van der Waals surface area contributed by atoms with E-state index in [0.29, 0.717) is 30.6 Å². The summed E-state index contributed by atoms with van der Waals surface area (Å²) in [5, 5.41) is 0. The minimum atomic E-state index is -0.0217. The van der Waals surface area contributed by atoms with Gasteiger partial charge in [0.05, 0.1) is 12.9 Å². The Bertz CT molecular complexity index is 893. The number of hydrogen-bond donors (Lipinski definition) is 0. The van der Waals surface area contributed by atoms with E-state index in [1.807, 2.05) is 26.6 Å². The molecule has 1 unspecified atom stereocenters. The second-order valence-electron chi connectivity index (χ2n) is 9.23. The van der Waals surface area contributed by atoms with Gasteiger partial charge in [0.1, 0.15) is 5.76 Å². The number of amides is 2. The number of rotatable bonds is 6. The Morgan fingerprint density at radius 3 is 2.67 bits per heavy atom. The molecule has 2 aliphatic heterocycles. The molecule has 7 nitrogen and oxygen atoms in total. The summed E-state index contributed by atoms with van der Waals surface area (Å²) in [6, 6.07) is 3.65. The summed E-state index contributed by atoms with van der Waals surface area (Å²) in [4.78, 5) is 33.6. The Balaban J connectivity index is 1.21. The number of hydrogen-bond acceptors (Lipinski definition) is 4. The third-order valence-corrected chi connectivity index (χ3v) is 7.38. The number of imidazole rings is 1. The second-order valence-corrected chi connectivity index (χ2v) is 9.23. The summed E-state index contributed by atoms with van der Waals surface area (Å²) in [5.41, 5.74) is 0.215. The summed E-state index contributed by atoms with van der Waals surface area (Å²) < 4.78 is 7.77. The van der Waals surface area contributed by atoms with Crippen molar-refractivity contribution in [1.82, 2.24) is 19.4 Å². The predicted molar refractivity (Wildman–Crippen MR) is 111 cm³/mol. The number of carbonyl (C=O) groups excluding carboxylic acids is 2. The van der Waals surface area contributed by atoms with Crippen LogP contribution in [0.4, 0.5) is 0 Å². The van der Waals surface area contributed by atoms with Crippen LogP contribution in [0.1, 0.15) is 61.3 Å². The van der Waals surface area contributed by atoms with Crippen molar-refractivity contribution in [3.63, 3.8) is 0 Å². The lowest BCUT2D eigenvalue weighted by Gasteiger charge is -2.42. The van der Waals surface area contributed by atoms with Gasteiger partial charge in [0, 0.05) is 45.0 Å².